The van der Waals surface area contributed by atoms with E-state index in [1.807, 2.05) is 6.07 Å². The summed E-state index contributed by atoms with van der Waals surface area (Å²) in [4.78, 5) is 4.24. The van der Waals surface area contributed by atoms with Gasteiger partial charge in [0, 0.05) is 16.5 Å². The van der Waals surface area contributed by atoms with Crippen molar-refractivity contribution in [1.29, 1.82) is 0 Å². The van der Waals surface area contributed by atoms with E-state index in [1.54, 1.807) is 6.20 Å². The molecule has 0 unspecified atom stereocenters. The van der Waals surface area contributed by atoms with Gasteiger partial charge in [0.15, 0.2) is 11.7 Å². The molecule has 0 atom stereocenters. The maximum atomic E-state index is 13.3. The monoisotopic (exact) mass is 340 g/mol. The molecule has 0 amide bonds. The Labute approximate surface area is 126 Å². The molecule has 0 fully saturated rings. The summed E-state index contributed by atoms with van der Waals surface area (Å²) in [7, 11) is 0. The van der Waals surface area contributed by atoms with Gasteiger partial charge in [-0.1, -0.05) is 22.9 Å². The minimum atomic E-state index is -0.295. The van der Waals surface area contributed by atoms with Crippen LogP contribution in [0.2, 0.25) is 0 Å². The van der Waals surface area contributed by atoms with Gasteiger partial charge >= 0.3 is 0 Å². The van der Waals surface area contributed by atoms with Crippen LogP contribution in [0.4, 0.5) is 4.39 Å². The number of oxazole rings is 1. The van der Waals surface area contributed by atoms with Gasteiger partial charge in [0.05, 0.1) is 6.20 Å². The maximum Gasteiger partial charge on any atom is 0.194 e. The maximum absolute atomic E-state index is 13.3. The van der Waals surface area contributed by atoms with Crippen LogP contribution in [-0.4, -0.2) is 18.1 Å². The number of nitrogens with zero attached hydrogens (tertiary/aromatic N) is 1. The van der Waals surface area contributed by atoms with E-state index in [1.165, 1.54) is 12.1 Å². The molecule has 1 heterocycles. The molecular weight excluding hydrogens is 323 g/mol. The van der Waals surface area contributed by atoms with Crippen LogP contribution in [0.25, 0.3) is 11.3 Å². The quantitative estimate of drug-likeness (QED) is 0.768. The Hall–Kier alpha value is -1.20. The smallest absolute Gasteiger partial charge is 0.194 e. The van der Waals surface area contributed by atoms with Gasteiger partial charge in [0.1, 0.15) is 5.82 Å². The third-order valence-electron chi connectivity index (χ3n) is 2.87. The Bertz CT molecular complexity index is 536. The van der Waals surface area contributed by atoms with Crippen molar-refractivity contribution in [3.05, 3.63) is 40.6 Å². The Kier molecular flexibility index (Phi) is 5.73. The number of rotatable bonds is 7. The fourth-order valence-electron chi connectivity index (χ4n) is 1.92. The van der Waals surface area contributed by atoms with Crippen LogP contribution in [0.1, 0.15) is 25.7 Å². The number of aromatic nitrogens is 1. The SMILES string of the molecule is CCCNCCCc1ncc(-c2cc(F)cc(Br)c2)o1. The topological polar surface area (TPSA) is 38.1 Å². The largest absolute Gasteiger partial charge is 0.441 e. The van der Waals surface area contributed by atoms with E-state index in [0.29, 0.717) is 21.7 Å². The van der Waals surface area contributed by atoms with Gasteiger partial charge < -0.3 is 9.73 Å². The molecule has 0 bridgehead atoms. The van der Waals surface area contributed by atoms with Gasteiger partial charge in [-0.25, -0.2) is 9.37 Å². The van der Waals surface area contributed by atoms with Crippen molar-refractivity contribution in [2.24, 2.45) is 0 Å². The number of nitrogens with one attached hydrogen (secondary N) is 1. The summed E-state index contributed by atoms with van der Waals surface area (Å²) in [5, 5.41) is 3.33. The highest BCUT2D eigenvalue weighted by molar-refractivity contribution is 9.10. The van der Waals surface area contributed by atoms with Gasteiger partial charge in [-0.15, -0.1) is 0 Å². The van der Waals surface area contributed by atoms with E-state index < -0.39 is 0 Å². The first-order chi connectivity index (χ1) is 9.69. The second kappa shape index (κ2) is 7.55. The van der Waals surface area contributed by atoms with Crippen LogP contribution in [0.3, 0.4) is 0 Å². The molecule has 2 rings (SSSR count). The standard InChI is InChI=1S/C15H18BrFN2O/c1-2-5-18-6-3-4-15-19-10-14(20-15)11-7-12(16)9-13(17)8-11/h7-10,18H,2-6H2,1H3. The first-order valence-electron chi connectivity index (χ1n) is 6.81. The van der Waals surface area contributed by atoms with Crippen LogP contribution >= 0.6 is 15.9 Å². The molecular formula is C15H18BrFN2O. The minimum Gasteiger partial charge on any atom is -0.441 e. The third kappa shape index (κ3) is 4.42. The van der Waals surface area contributed by atoms with Gasteiger partial charge in [-0.2, -0.15) is 0 Å². The second-order valence-corrected chi connectivity index (χ2v) is 5.55. The van der Waals surface area contributed by atoms with Crippen LogP contribution in [-0.2, 0) is 6.42 Å². The van der Waals surface area contributed by atoms with E-state index in [-0.39, 0.29) is 5.82 Å². The first-order valence-corrected chi connectivity index (χ1v) is 7.60. The molecule has 0 saturated heterocycles. The zero-order valence-electron chi connectivity index (χ0n) is 11.5. The lowest BCUT2D eigenvalue weighted by Crippen LogP contribution is -2.16. The zero-order chi connectivity index (χ0) is 14.4. The molecule has 1 aromatic carbocycles. The molecule has 108 valence electrons. The van der Waals surface area contributed by atoms with Gasteiger partial charge in [-0.05, 0) is 44.1 Å². The van der Waals surface area contributed by atoms with Crippen molar-refractivity contribution in [1.82, 2.24) is 10.3 Å². The molecule has 0 aliphatic carbocycles. The van der Waals surface area contributed by atoms with Gasteiger partial charge in [0.2, 0.25) is 0 Å². The summed E-state index contributed by atoms with van der Waals surface area (Å²) < 4.78 is 19.7. The highest BCUT2D eigenvalue weighted by Crippen LogP contribution is 2.25. The third-order valence-corrected chi connectivity index (χ3v) is 3.33. The van der Waals surface area contributed by atoms with Crippen LogP contribution < -0.4 is 5.32 Å². The van der Waals surface area contributed by atoms with E-state index in [0.717, 1.165) is 32.4 Å². The average molecular weight is 341 g/mol. The number of aryl methyl sites for hydroxylation is 1. The lowest BCUT2D eigenvalue weighted by Gasteiger charge is -2.01. The van der Waals surface area contributed by atoms with E-state index in [4.69, 9.17) is 4.42 Å². The summed E-state index contributed by atoms with van der Waals surface area (Å²) in [6.07, 6.45) is 4.55. The minimum absolute atomic E-state index is 0.295. The van der Waals surface area contributed by atoms with Crippen molar-refractivity contribution < 1.29 is 8.81 Å². The number of halogens is 2. The molecule has 3 nitrogen and oxygen atoms in total. The fraction of sp³-hybridized carbons (Fsp3) is 0.400. The zero-order valence-corrected chi connectivity index (χ0v) is 13.0. The lowest BCUT2D eigenvalue weighted by molar-refractivity contribution is 0.491. The van der Waals surface area contributed by atoms with E-state index in [9.17, 15) is 4.39 Å². The van der Waals surface area contributed by atoms with Crippen molar-refractivity contribution in [2.45, 2.75) is 26.2 Å². The molecule has 0 saturated carbocycles. The predicted octanol–water partition coefficient (Wildman–Crippen LogP) is 4.18. The van der Waals surface area contributed by atoms with Crippen LogP contribution in [0, 0.1) is 5.82 Å². The summed E-state index contributed by atoms with van der Waals surface area (Å²) in [5.74, 6) is 0.997. The predicted molar refractivity (Wildman–Crippen MR) is 81.1 cm³/mol. The fourth-order valence-corrected chi connectivity index (χ4v) is 2.39. The highest BCUT2D eigenvalue weighted by atomic mass is 79.9. The Morgan fingerprint density at radius 1 is 1.30 bits per heavy atom. The Morgan fingerprint density at radius 3 is 2.90 bits per heavy atom. The number of benzene rings is 1. The second-order valence-electron chi connectivity index (χ2n) is 4.63. The molecule has 0 aliphatic heterocycles. The number of hydrogen-bond acceptors (Lipinski definition) is 3. The number of hydrogen-bond donors (Lipinski definition) is 1. The molecule has 20 heavy (non-hydrogen) atoms. The summed E-state index contributed by atoms with van der Waals surface area (Å²) in [5.41, 5.74) is 0.694. The Morgan fingerprint density at radius 2 is 2.15 bits per heavy atom. The first kappa shape index (κ1) is 15.2. The van der Waals surface area contributed by atoms with Gasteiger partial charge in [-0.3, -0.25) is 0 Å². The molecule has 2 aromatic rings. The molecule has 0 spiro atoms. The van der Waals surface area contributed by atoms with E-state index in [2.05, 4.69) is 33.2 Å². The van der Waals surface area contributed by atoms with E-state index >= 15 is 0 Å². The summed E-state index contributed by atoms with van der Waals surface area (Å²) >= 11 is 3.27. The molecule has 1 aromatic heterocycles. The molecule has 0 radical (unpaired) electrons. The molecule has 1 N–H and O–H groups in total. The summed E-state index contributed by atoms with van der Waals surface area (Å²) in [6.45, 7) is 4.13. The molecule has 0 aliphatic rings. The van der Waals surface area contributed by atoms with Crippen molar-refractivity contribution in [3.63, 3.8) is 0 Å². The van der Waals surface area contributed by atoms with Crippen LogP contribution in [0.5, 0.6) is 0 Å². The van der Waals surface area contributed by atoms with Gasteiger partial charge in [0.25, 0.3) is 0 Å². The van der Waals surface area contributed by atoms with Crippen molar-refractivity contribution in [2.75, 3.05) is 13.1 Å². The normalized spacial score (nSPS) is 10.9. The average Bonchev–Trinajstić information content (AvgIpc) is 2.86. The van der Waals surface area contributed by atoms with Crippen molar-refractivity contribution >= 4 is 15.9 Å². The highest BCUT2D eigenvalue weighted by Gasteiger charge is 2.08. The lowest BCUT2D eigenvalue weighted by atomic mass is 10.2. The van der Waals surface area contributed by atoms with Crippen LogP contribution in [0.15, 0.2) is 33.3 Å². The molecule has 5 heteroatoms. The summed E-state index contributed by atoms with van der Waals surface area (Å²) in [6, 6.07) is 4.67. The Balaban J connectivity index is 1.94. The van der Waals surface area contributed by atoms with Crippen molar-refractivity contribution in [3.8, 4) is 11.3 Å².